The third-order valence-corrected chi connectivity index (χ3v) is 3.26. The van der Waals surface area contributed by atoms with Crippen molar-refractivity contribution in [2.75, 3.05) is 13.1 Å². The van der Waals surface area contributed by atoms with Gasteiger partial charge in [-0.05, 0) is 37.1 Å². The van der Waals surface area contributed by atoms with Crippen molar-refractivity contribution in [3.05, 3.63) is 29.8 Å². The smallest absolute Gasteiger partial charge is 0.253 e. The van der Waals surface area contributed by atoms with Crippen LogP contribution in [0.15, 0.2) is 29.2 Å². The van der Waals surface area contributed by atoms with Crippen LogP contribution in [0.5, 0.6) is 0 Å². The Morgan fingerprint density at radius 2 is 1.56 bits per heavy atom. The van der Waals surface area contributed by atoms with Gasteiger partial charge in [-0.2, -0.15) is 0 Å². The molecule has 0 unspecified atom stereocenters. The highest BCUT2D eigenvalue weighted by Gasteiger charge is 2.14. The van der Waals surface area contributed by atoms with Gasteiger partial charge >= 0.3 is 0 Å². The van der Waals surface area contributed by atoms with Crippen LogP contribution < -0.4 is 0 Å². The van der Waals surface area contributed by atoms with Crippen molar-refractivity contribution >= 4 is 18.5 Å². The zero-order valence-electron chi connectivity index (χ0n) is 11.4. The molecule has 3 heteroatoms. The van der Waals surface area contributed by atoms with Crippen LogP contribution in [0.25, 0.3) is 0 Å². The van der Waals surface area contributed by atoms with Crippen molar-refractivity contribution in [3.63, 3.8) is 0 Å². The lowest BCUT2D eigenvalue weighted by molar-refractivity contribution is 0.0751. The summed E-state index contributed by atoms with van der Waals surface area (Å²) in [6, 6.07) is 7.45. The van der Waals surface area contributed by atoms with Crippen LogP contribution in [0.4, 0.5) is 0 Å². The first-order chi connectivity index (χ1) is 8.69. The minimum absolute atomic E-state index is 0.144. The predicted molar refractivity (Wildman–Crippen MR) is 79.4 cm³/mol. The van der Waals surface area contributed by atoms with Crippen molar-refractivity contribution in [2.24, 2.45) is 0 Å². The lowest BCUT2D eigenvalue weighted by Gasteiger charge is -2.22. The van der Waals surface area contributed by atoms with Gasteiger partial charge in [0.2, 0.25) is 0 Å². The molecule has 1 rings (SSSR count). The number of hydrogen-bond donors (Lipinski definition) is 1. The Labute approximate surface area is 116 Å². The Balaban J connectivity index is 2.70. The van der Waals surface area contributed by atoms with Gasteiger partial charge in [-0.25, -0.2) is 0 Å². The molecule has 0 saturated heterocycles. The molecular formula is C15H23NOS. The van der Waals surface area contributed by atoms with E-state index in [9.17, 15) is 4.79 Å². The molecule has 1 aromatic rings. The molecule has 100 valence electrons. The van der Waals surface area contributed by atoms with Gasteiger partial charge in [-0.15, -0.1) is 12.6 Å². The van der Waals surface area contributed by atoms with Gasteiger partial charge in [0.25, 0.3) is 5.91 Å². The van der Waals surface area contributed by atoms with Gasteiger partial charge in [-0.3, -0.25) is 4.79 Å². The van der Waals surface area contributed by atoms with Crippen LogP contribution >= 0.6 is 12.6 Å². The number of rotatable bonds is 7. The number of hydrogen-bond acceptors (Lipinski definition) is 2. The molecule has 18 heavy (non-hydrogen) atoms. The highest BCUT2D eigenvalue weighted by atomic mass is 32.1. The van der Waals surface area contributed by atoms with Crippen LogP contribution in [0.3, 0.4) is 0 Å². The van der Waals surface area contributed by atoms with E-state index in [1.54, 1.807) is 0 Å². The predicted octanol–water partition coefficient (Wildman–Crippen LogP) is 4.02. The highest BCUT2D eigenvalue weighted by Crippen LogP contribution is 2.11. The fourth-order valence-electron chi connectivity index (χ4n) is 1.80. The standard InChI is InChI=1S/C15H23NOS/c1-3-5-11-16(12-6-4-2)15(17)13-7-9-14(18)10-8-13/h7-10,18H,3-6,11-12H2,1-2H3. The molecule has 0 bridgehead atoms. The number of carbonyl (C=O) groups is 1. The minimum Gasteiger partial charge on any atom is -0.339 e. The monoisotopic (exact) mass is 265 g/mol. The zero-order chi connectivity index (χ0) is 13.4. The molecule has 1 amide bonds. The lowest BCUT2D eigenvalue weighted by atomic mass is 10.1. The molecule has 0 fully saturated rings. The number of benzene rings is 1. The van der Waals surface area contributed by atoms with Crippen LogP contribution in [0.1, 0.15) is 49.9 Å². The molecule has 0 N–H and O–H groups in total. The topological polar surface area (TPSA) is 20.3 Å². The molecule has 0 radical (unpaired) electrons. The van der Waals surface area contributed by atoms with Crippen molar-refractivity contribution in [1.82, 2.24) is 4.90 Å². The summed E-state index contributed by atoms with van der Waals surface area (Å²) >= 11 is 4.24. The summed E-state index contributed by atoms with van der Waals surface area (Å²) in [5.74, 6) is 0.144. The Morgan fingerprint density at radius 3 is 2.00 bits per heavy atom. The maximum Gasteiger partial charge on any atom is 0.253 e. The molecule has 2 nitrogen and oxygen atoms in total. The quantitative estimate of drug-likeness (QED) is 0.738. The molecule has 0 aromatic heterocycles. The van der Waals surface area contributed by atoms with E-state index in [0.29, 0.717) is 0 Å². The van der Waals surface area contributed by atoms with E-state index < -0.39 is 0 Å². The van der Waals surface area contributed by atoms with E-state index in [2.05, 4.69) is 26.5 Å². The van der Waals surface area contributed by atoms with Crippen LogP contribution in [-0.2, 0) is 0 Å². The Hall–Kier alpha value is -0.960. The van der Waals surface area contributed by atoms with E-state index in [1.807, 2.05) is 29.2 Å². The fraction of sp³-hybridized carbons (Fsp3) is 0.533. The number of carbonyl (C=O) groups excluding carboxylic acids is 1. The van der Waals surface area contributed by atoms with E-state index in [-0.39, 0.29) is 5.91 Å². The highest BCUT2D eigenvalue weighted by molar-refractivity contribution is 7.80. The largest absolute Gasteiger partial charge is 0.339 e. The summed E-state index contributed by atoms with van der Waals surface area (Å²) in [6.07, 6.45) is 4.37. The number of thiol groups is 1. The molecule has 0 saturated carbocycles. The second-order valence-corrected chi connectivity index (χ2v) is 5.06. The van der Waals surface area contributed by atoms with Crippen LogP contribution in [0, 0.1) is 0 Å². The summed E-state index contributed by atoms with van der Waals surface area (Å²) in [5.41, 5.74) is 0.764. The van der Waals surface area contributed by atoms with E-state index in [4.69, 9.17) is 0 Å². The first-order valence-electron chi connectivity index (χ1n) is 6.77. The lowest BCUT2D eigenvalue weighted by Crippen LogP contribution is -2.32. The SMILES string of the molecule is CCCCN(CCCC)C(=O)c1ccc(S)cc1. The van der Waals surface area contributed by atoms with Crippen molar-refractivity contribution in [2.45, 2.75) is 44.4 Å². The molecule has 1 aromatic carbocycles. The van der Waals surface area contributed by atoms with E-state index in [1.165, 1.54) is 0 Å². The van der Waals surface area contributed by atoms with Gasteiger partial charge in [0.05, 0.1) is 0 Å². The molecule has 0 aliphatic rings. The third kappa shape index (κ3) is 4.73. The van der Waals surface area contributed by atoms with Gasteiger partial charge in [0.1, 0.15) is 0 Å². The third-order valence-electron chi connectivity index (χ3n) is 2.96. The fourth-order valence-corrected chi connectivity index (χ4v) is 1.95. The number of nitrogens with zero attached hydrogens (tertiary/aromatic N) is 1. The zero-order valence-corrected chi connectivity index (χ0v) is 12.2. The summed E-state index contributed by atoms with van der Waals surface area (Å²) in [6.45, 7) is 6.02. The Morgan fingerprint density at radius 1 is 1.06 bits per heavy atom. The summed E-state index contributed by atoms with van der Waals surface area (Å²) in [7, 11) is 0. The van der Waals surface area contributed by atoms with Gasteiger partial charge in [-0.1, -0.05) is 26.7 Å². The average molecular weight is 265 g/mol. The van der Waals surface area contributed by atoms with Crippen molar-refractivity contribution in [1.29, 1.82) is 0 Å². The van der Waals surface area contributed by atoms with Gasteiger partial charge in [0.15, 0.2) is 0 Å². The molecule has 0 atom stereocenters. The Kier molecular flexibility index (Phi) is 6.88. The maximum atomic E-state index is 12.4. The minimum atomic E-state index is 0.144. The summed E-state index contributed by atoms with van der Waals surface area (Å²) in [5, 5.41) is 0. The van der Waals surface area contributed by atoms with Crippen molar-refractivity contribution in [3.8, 4) is 0 Å². The normalized spacial score (nSPS) is 10.4. The number of unbranched alkanes of at least 4 members (excludes halogenated alkanes) is 2. The molecular weight excluding hydrogens is 242 g/mol. The molecule has 0 aliphatic carbocycles. The first-order valence-corrected chi connectivity index (χ1v) is 7.22. The first kappa shape index (κ1) is 15.1. The number of amides is 1. The van der Waals surface area contributed by atoms with Crippen molar-refractivity contribution < 1.29 is 4.79 Å². The molecule has 0 heterocycles. The van der Waals surface area contributed by atoms with Gasteiger partial charge < -0.3 is 4.90 Å². The van der Waals surface area contributed by atoms with Crippen LogP contribution in [-0.4, -0.2) is 23.9 Å². The second-order valence-electron chi connectivity index (χ2n) is 4.55. The Bertz CT molecular complexity index is 353. The van der Waals surface area contributed by atoms with Crippen LogP contribution in [0.2, 0.25) is 0 Å². The van der Waals surface area contributed by atoms with Gasteiger partial charge in [0, 0.05) is 23.5 Å². The van der Waals surface area contributed by atoms with E-state index >= 15 is 0 Å². The van der Waals surface area contributed by atoms with E-state index in [0.717, 1.165) is 49.2 Å². The molecule has 0 aliphatic heterocycles. The maximum absolute atomic E-state index is 12.4. The summed E-state index contributed by atoms with van der Waals surface area (Å²) in [4.78, 5) is 15.2. The average Bonchev–Trinajstić information content (AvgIpc) is 2.39. The second kappa shape index (κ2) is 8.20. The molecule has 0 spiro atoms. The summed E-state index contributed by atoms with van der Waals surface area (Å²) < 4.78 is 0.